The number of aliphatic hydroxyl groups is 1. The maximum Gasteiger partial charge on any atom is 0.160 e. The number of aromatic hydroxyl groups is 1. The highest BCUT2D eigenvalue weighted by Gasteiger charge is 2.16. The van der Waals surface area contributed by atoms with Crippen LogP contribution in [-0.4, -0.2) is 30.0 Å². The van der Waals surface area contributed by atoms with Crippen LogP contribution in [0.25, 0.3) is 0 Å². The second kappa shape index (κ2) is 6.61. The van der Waals surface area contributed by atoms with Gasteiger partial charge < -0.3 is 20.3 Å². The van der Waals surface area contributed by atoms with E-state index in [1.165, 1.54) is 7.11 Å². The molecule has 0 aliphatic rings. The molecule has 2 atom stereocenters. The van der Waals surface area contributed by atoms with Gasteiger partial charge in [-0.25, -0.2) is 0 Å². The molecule has 0 aliphatic heterocycles. The zero-order valence-electron chi connectivity index (χ0n) is 11.5. The SMILES string of the molecule is COc1cc(C(C)NC(CO)C(C)C)ccc1O. The molecule has 0 aliphatic carbocycles. The number of rotatable bonds is 6. The lowest BCUT2D eigenvalue weighted by molar-refractivity contribution is 0.201. The van der Waals surface area contributed by atoms with Gasteiger partial charge in [0.05, 0.1) is 13.7 Å². The highest BCUT2D eigenvalue weighted by molar-refractivity contribution is 5.42. The first-order valence-corrected chi connectivity index (χ1v) is 6.23. The number of hydrogen-bond donors (Lipinski definition) is 3. The Labute approximate surface area is 109 Å². The van der Waals surface area contributed by atoms with E-state index in [9.17, 15) is 10.2 Å². The first-order chi connectivity index (χ1) is 8.49. The van der Waals surface area contributed by atoms with E-state index in [1.807, 2.05) is 19.1 Å². The highest BCUT2D eigenvalue weighted by Crippen LogP contribution is 2.29. The van der Waals surface area contributed by atoms with Gasteiger partial charge >= 0.3 is 0 Å². The fraction of sp³-hybridized carbons (Fsp3) is 0.571. The summed E-state index contributed by atoms with van der Waals surface area (Å²) in [4.78, 5) is 0. The Morgan fingerprint density at radius 3 is 2.44 bits per heavy atom. The molecule has 0 saturated heterocycles. The second-order valence-electron chi connectivity index (χ2n) is 4.85. The molecule has 1 rings (SSSR count). The summed E-state index contributed by atoms with van der Waals surface area (Å²) in [6, 6.07) is 5.42. The van der Waals surface area contributed by atoms with E-state index >= 15 is 0 Å². The van der Waals surface area contributed by atoms with E-state index in [0.29, 0.717) is 11.7 Å². The monoisotopic (exact) mass is 253 g/mol. The van der Waals surface area contributed by atoms with E-state index < -0.39 is 0 Å². The van der Waals surface area contributed by atoms with Crippen LogP contribution < -0.4 is 10.1 Å². The number of phenols is 1. The predicted octanol–water partition coefficient (Wildman–Crippen LogP) is 2.07. The average molecular weight is 253 g/mol. The fourth-order valence-corrected chi connectivity index (χ4v) is 1.84. The Morgan fingerprint density at radius 2 is 1.94 bits per heavy atom. The summed E-state index contributed by atoms with van der Waals surface area (Å²) in [6.07, 6.45) is 0. The maximum atomic E-state index is 9.55. The number of methoxy groups -OCH3 is 1. The molecular weight excluding hydrogens is 230 g/mol. The van der Waals surface area contributed by atoms with Crippen molar-refractivity contribution in [2.45, 2.75) is 32.9 Å². The van der Waals surface area contributed by atoms with Gasteiger partial charge in [-0.2, -0.15) is 0 Å². The molecule has 4 nitrogen and oxygen atoms in total. The molecule has 1 aromatic carbocycles. The zero-order chi connectivity index (χ0) is 13.7. The van der Waals surface area contributed by atoms with Crippen molar-refractivity contribution in [3.05, 3.63) is 23.8 Å². The van der Waals surface area contributed by atoms with Crippen molar-refractivity contribution in [2.24, 2.45) is 5.92 Å². The summed E-state index contributed by atoms with van der Waals surface area (Å²) in [6.45, 7) is 6.27. The molecule has 2 unspecified atom stereocenters. The van der Waals surface area contributed by atoms with Gasteiger partial charge in [0, 0.05) is 12.1 Å². The largest absolute Gasteiger partial charge is 0.504 e. The minimum Gasteiger partial charge on any atom is -0.504 e. The molecular formula is C14H23NO3. The lowest BCUT2D eigenvalue weighted by atomic mass is 10.0. The van der Waals surface area contributed by atoms with Crippen molar-refractivity contribution >= 4 is 0 Å². The second-order valence-corrected chi connectivity index (χ2v) is 4.85. The molecule has 4 heteroatoms. The summed E-state index contributed by atoms with van der Waals surface area (Å²) in [7, 11) is 1.53. The minimum atomic E-state index is 0.0554. The van der Waals surface area contributed by atoms with Crippen molar-refractivity contribution in [3.8, 4) is 11.5 Å². The lowest BCUT2D eigenvalue weighted by Crippen LogP contribution is -2.38. The molecule has 18 heavy (non-hydrogen) atoms. The number of nitrogens with one attached hydrogen (secondary N) is 1. The number of phenolic OH excluding ortho intramolecular Hbond substituents is 1. The van der Waals surface area contributed by atoms with Gasteiger partial charge in [0.15, 0.2) is 11.5 Å². The van der Waals surface area contributed by atoms with Crippen LogP contribution in [0.4, 0.5) is 0 Å². The van der Waals surface area contributed by atoms with E-state index in [-0.39, 0.29) is 24.4 Å². The smallest absolute Gasteiger partial charge is 0.160 e. The molecule has 0 saturated carbocycles. The van der Waals surface area contributed by atoms with Crippen LogP contribution in [0.5, 0.6) is 11.5 Å². The molecule has 3 N–H and O–H groups in total. The van der Waals surface area contributed by atoms with Crippen LogP contribution in [0, 0.1) is 5.92 Å². The van der Waals surface area contributed by atoms with Crippen molar-refractivity contribution in [1.29, 1.82) is 0 Å². The Kier molecular flexibility index (Phi) is 5.44. The quantitative estimate of drug-likeness (QED) is 0.726. The van der Waals surface area contributed by atoms with E-state index in [0.717, 1.165) is 5.56 Å². The first-order valence-electron chi connectivity index (χ1n) is 6.23. The average Bonchev–Trinajstić information content (AvgIpc) is 2.35. The number of benzene rings is 1. The summed E-state index contributed by atoms with van der Waals surface area (Å²) in [5.74, 6) is 0.957. The highest BCUT2D eigenvalue weighted by atomic mass is 16.5. The molecule has 0 fully saturated rings. The lowest BCUT2D eigenvalue weighted by Gasteiger charge is -2.25. The summed E-state index contributed by atoms with van der Waals surface area (Å²) in [5, 5.41) is 22.2. The summed E-state index contributed by atoms with van der Waals surface area (Å²) < 4.78 is 5.09. The van der Waals surface area contributed by atoms with Crippen molar-refractivity contribution < 1.29 is 14.9 Å². The van der Waals surface area contributed by atoms with Gasteiger partial charge in [-0.3, -0.25) is 0 Å². The van der Waals surface area contributed by atoms with Gasteiger partial charge in [-0.05, 0) is 30.5 Å². The maximum absolute atomic E-state index is 9.55. The van der Waals surface area contributed by atoms with Crippen LogP contribution in [0.15, 0.2) is 18.2 Å². The zero-order valence-corrected chi connectivity index (χ0v) is 11.5. The Bertz CT molecular complexity index is 379. The Balaban J connectivity index is 2.80. The van der Waals surface area contributed by atoms with Gasteiger partial charge in [-0.15, -0.1) is 0 Å². The minimum absolute atomic E-state index is 0.0554. The van der Waals surface area contributed by atoms with Gasteiger partial charge in [0.25, 0.3) is 0 Å². The first kappa shape index (κ1) is 14.8. The van der Waals surface area contributed by atoms with Gasteiger partial charge in [-0.1, -0.05) is 19.9 Å². The topological polar surface area (TPSA) is 61.7 Å². The normalized spacial score (nSPS) is 14.6. The summed E-state index contributed by atoms with van der Waals surface area (Å²) in [5.41, 5.74) is 1.02. The number of aliphatic hydroxyl groups excluding tert-OH is 1. The van der Waals surface area contributed by atoms with E-state index in [1.54, 1.807) is 6.07 Å². The van der Waals surface area contributed by atoms with Crippen molar-refractivity contribution in [1.82, 2.24) is 5.32 Å². The third-order valence-corrected chi connectivity index (χ3v) is 3.17. The molecule has 0 aromatic heterocycles. The number of ether oxygens (including phenoxy) is 1. The van der Waals surface area contributed by atoms with Gasteiger partial charge in [0.1, 0.15) is 0 Å². The molecule has 1 aromatic rings. The third-order valence-electron chi connectivity index (χ3n) is 3.17. The standard InChI is InChI=1S/C14H23NO3/c1-9(2)12(8-16)15-10(3)11-5-6-13(17)14(7-11)18-4/h5-7,9-10,12,15-17H,8H2,1-4H3. The molecule has 0 bridgehead atoms. The Morgan fingerprint density at radius 1 is 1.28 bits per heavy atom. The van der Waals surface area contributed by atoms with Crippen LogP contribution in [0.1, 0.15) is 32.4 Å². The van der Waals surface area contributed by atoms with Crippen molar-refractivity contribution in [2.75, 3.05) is 13.7 Å². The van der Waals surface area contributed by atoms with Gasteiger partial charge in [0.2, 0.25) is 0 Å². The predicted molar refractivity (Wildman–Crippen MR) is 71.9 cm³/mol. The van der Waals surface area contributed by atoms with E-state index in [2.05, 4.69) is 19.2 Å². The van der Waals surface area contributed by atoms with Crippen LogP contribution in [0.3, 0.4) is 0 Å². The fourth-order valence-electron chi connectivity index (χ4n) is 1.84. The molecule has 0 heterocycles. The molecule has 0 radical (unpaired) electrons. The molecule has 102 valence electrons. The van der Waals surface area contributed by atoms with Crippen LogP contribution in [-0.2, 0) is 0 Å². The molecule has 0 amide bonds. The summed E-state index contributed by atoms with van der Waals surface area (Å²) >= 11 is 0. The van der Waals surface area contributed by atoms with Crippen LogP contribution >= 0.6 is 0 Å². The van der Waals surface area contributed by atoms with Crippen LogP contribution in [0.2, 0.25) is 0 Å². The van der Waals surface area contributed by atoms with Crippen molar-refractivity contribution in [3.63, 3.8) is 0 Å². The third kappa shape index (κ3) is 3.62. The molecule has 0 spiro atoms. The van der Waals surface area contributed by atoms with E-state index in [4.69, 9.17) is 4.74 Å². The number of hydrogen-bond acceptors (Lipinski definition) is 4. The Hall–Kier alpha value is -1.26.